The van der Waals surface area contributed by atoms with Crippen molar-refractivity contribution in [3.63, 3.8) is 0 Å². The Balaban J connectivity index is 2.21. The number of carbonyl (C=O) groups is 2. The average Bonchev–Trinajstić information content (AvgIpc) is 2.63. The number of benzene rings is 1. The Hall–Kier alpha value is -1.88. The molecule has 1 N–H and O–H groups in total. The maximum absolute atomic E-state index is 12.4. The minimum atomic E-state index is -0.200. The van der Waals surface area contributed by atoms with Crippen molar-refractivity contribution in [2.24, 2.45) is 0 Å². The molecule has 0 aromatic heterocycles. The molecule has 1 saturated heterocycles. The second-order valence-corrected chi connectivity index (χ2v) is 6.69. The summed E-state index contributed by atoms with van der Waals surface area (Å²) in [6.45, 7) is 8.22. The maximum atomic E-state index is 12.4. The lowest BCUT2D eigenvalue weighted by Gasteiger charge is -2.32. The summed E-state index contributed by atoms with van der Waals surface area (Å²) < 4.78 is 0. The molecule has 1 fully saturated rings. The molecule has 1 aromatic rings. The molecule has 1 aliphatic heterocycles. The van der Waals surface area contributed by atoms with Gasteiger partial charge in [-0.05, 0) is 44.5 Å². The van der Waals surface area contributed by atoms with E-state index in [1.807, 2.05) is 35.2 Å². The van der Waals surface area contributed by atoms with E-state index in [9.17, 15) is 9.59 Å². The molecule has 5 heteroatoms. The second kappa shape index (κ2) is 10.2. The Labute approximate surface area is 151 Å². The van der Waals surface area contributed by atoms with E-state index >= 15 is 0 Å². The van der Waals surface area contributed by atoms with Crippen molar-refractivity contribution >= 4 is 11.8 Å². The zero-order chi connectivity index (χ0) is 18.1. The lowest BCUT2D eigenvalue weighted by atomic mass is 10.0. The lowest BCUT2D eigenvalue weighted by molar-refractivity contribution is -0.133. The van der Waals surface area contributed by atoms with E-state index in [4.69, 9.17) is 0 Å². The number of amides is 2. The van der Waals surface area contributed by atoms with Gasteiger partial charge in [-0.25, -0.2) is 0 Å². The monoisotopic (exact) mass is 345 g/mol. The average molecular weight is 345 g/mol. The molecule has 25 heavy (non-hydrogen) atoms. The molecule has 1 aromatic carbocycles. The molecule has 1 heterocycles. The Bertz CT molecular complexity index is 547. The molecule has 0 bridgehead atoms. The summed E-state index contributed by atoms with van der Waals surface area (Å²) >= 11 is 0. The quantitative estimate of drug-likeness (QED) is 0.896. The first-order valence-corrected chi connectivity index (χ1v) is 9.43. The highest BCUT2D eigenvalue weighted by Gasteiger charge is 2.25. The first-order chi connectivity index (χ1) is 12.1. The summed E-state index contributed by atoms with van der Waals surface area (Å²) in [6, 6.07) is 9.70. The Kier molecular flexibility index (Phi) is 7.92. The second-order valence-electron chi connectivity index (χ2n) is 6.69. The molecule has 138 valence electrons. The zero-order valence-electron chi connectivity index (χ0n) is 15.5. The molecule has 2 rings (SSSR count). The molecule has 0 spiro atoms. The van der Waals surface area contributed by atoms with Crippen LogP contribution in [0.5, 0.6) is 0 Å². The van der Waals surface area contributed by atoms with Gasteiger partial charge in [0.15, 0.2) is 0 Å². The van der Waals surface area contributed by atoms with Crippen LogP contribution >= 0.6 is 0 Å². The maximum Gasteiger partial charge on any atom is 0.222 e. The first-order valence-electron chi connectivity index (χ1n) is 9.43. The van der Waals surface area contributed by atoms with Gasteiger partial charge in [0.1, 0.15) is 0 Å². The number of nitrogens with zero attached hydrogens (tertiary/aromatic N) is 2. The molecule has 5 nitrogen and oxygen atoms in total. The van der Waals surface area contributed by atoms with Crippen LogP contribution in [0.15, 0.2) is 30.3 Å². The van der Waals surface area contributed by atoms with Crippen molar-refractivity contribution in [3.8, 4) is 0 Å². The van der Waals surface area contributed by atoms with Crippen LogP contribution in [-0.2, 0) is 9.59 Å². The largest absolute Gasteiger partial charge is 0.356 e. The van der Waals surface area contributed by atoms with Gasteiger partial charge in [0.05, 0.1) is 12.5 Å². The van der Waals surface area contributed by atoms with Gasteiger partial charge in [0.25, 0.3) is 0 Å². The molecule has 0 aliphatic carbocycles. The van der Waals surface area contributed by atoms with E-state index in [1.165, 1.54) is 0 Å². The number of hydrogen-bond acceptors (Lipinski definition) is 3. The summed E-state index contributed by atoms with van der Waals surface area (Å²) in [6.07, 6.45) is 3.33. The molecule has 1 atom stereocenters. The zero-order valence-corrected chi connectivity index (χ0v) is 15.5. The van der Waals surface area contributed by atoms with E-state index in [1.54, 1.807) is 6.92 Å². The van der Waals surface area contributed by atoms with Gasteiger partial charge < -0.3 is 15.1 Å². The van der Waals surface area contributed by atoms with Crippen molar-refractivity contribution in [2.75, 3.05) is 32.7 Å². The van der Waals surface area contributed by atoms with E-state index < -0.39 is 0 Å². The van der Waals surface area contributed by atoms with Crippen LogP contribution in [0.4, 0.5) is 0 Å². The van der Waals surface area contributed by atoms with Gasteiger partial charge in [-0.1, -0.05) is 37.3 Å². The van der Waals surface area contributed by atoms with Gasteiger partial charge in [0.2, 0.25) is 11.8 Å². The summed E-state index contributed by atoms with van der Waals surface area (Å²) in [5.41, 5.74) is 1.02. The van der Waals surface area contributed by atoms with Crippen LogP contribution in [-0.4, -0.2) is 54.3 Å². The van der Waals surface area contributed by atoms with Crippen molar-refractivity contribution in [1.29, 1.82) is 0 Å². The van der Waals surface area contributed by atoms with Crippen molar-refractivity contribution < 1.29 is 9.59 Å². The van der Waals surface area contributed by atoms with E-state index in [0.717, 1.165) is 44.5 Å². The summed E-state index contributed by atoms with van der Waals surface area (Å²) in [5, 5.41) is 3.02. The smallest absolute Gasteiger partial charge is 0.222 e. The molecule has 2 amide bonds. The van der Waals surface area contributed by atoms with Crippen molar-refractivity contribution in [2.45, 2.75) is 45.6 Å². The Morgan fingerprint density at radius 2 is 1.84 bits per heavy atom. The summed E-state index contributed by atoms with van der Waals surface area (Å²) in [4.78, 5) is 29.0. The third-order valence-electron chi connectivity index (χ3n) is 4.89. The predicted molar refractivity (Wildman–Crippen MR) is 100 cm³/mol. The van der Waals surface area contributed by atoms with Gasteiger partial charge >= 0.3 is 0 Å². The highest BCUT2D eigenvalue weighted by molar-refractivity contribution is 5.79. The van der Waals surface area contributed by atoms with Crippen molar-refractivity contribution in [3.05, 3.63) is 35.9 Å². The van der Waals surface area contributed by atoms with Crippen molar-refractivity contribution in [1.82, 2.24) is 15.1 Å². The third kappa shape index (κ3) is 6.16. The van der Waals surface area contributed by atoms with E-state index in [0.29, 0.717) is 19.5 Å². The van der Waals surface area contributed by atoms with Crippen LogP contribution < -0.4 is 5.32 Å². The lowest BCUT2D eigenvalue weighted by Crippen LogP contribution is -2.38. The molecular formula is C20H31N3O2. The number of hydrogen-bond donors (Lipinski definition) is 1. The minimum Gasteiger partial charge on any atom is -0.356 e. The fraction of sp³-hybridized carbons (Fsp3) is 0.600. The molecule has 1 unspecified atom stereocenters. The fourth-order valence-corrected chi connectivity index (χ4v) is 3.44. The highest BCUT2D eigenvalue weighted by atomic mass is 16.2. The van der Waals surface area contributed by atoms with Gasteiger partial charge in [-0.3, -0.25) is 9.59 Å². The number of nitrogens with one attached hydrogen (secondary N) is 1. The van der Waals surface area contributed by atoms with E-state index in [2.05, 4.69) is 17.1 Å². The summed E-state index contributed by atoms with van der Waals surface area (Å²) in [7, 11) is 0. The van der Waals surface area contributed by atoms with Gasteiger partial charge in [-0.15, -0.1) is 0 Å². The molecular weight excluding hydrogens is 314 g/mol. The standard InChI is InChI=1S/C20H31N3O2/c1-3-22-13-8-7-12-21-20(25)16-19(18-10-5-4-6-11-18)23(17(2)24)15-9-14-22/h4-6,10-11,19H,3,7-9,12-16H2,1-2H3,(H,21,25). The number of carbonyl (C=O) groups excluding carboxylic acids is 2. The fourth-order valence-electron chi connectivity index (χ4n) is 3.44. The van der Waals surface area contributed by atoms with E-state index in [-0.39, 0.29) is 17.9 Å². The SMILES string of the molecule is CCN1CCCCNC(=O)CC(c2ccccc2)N(C(C)=O)CCC1. The Morgan fingerprint density at radius 3 is 2.52 bits per heavy atom. The van der Waals surface area contributed by atoms with Crippen LogP contribution in [0, 0.1) is 0 Å². The highest BCUT2D eigenvalue weighted by Crippen LogP contribution is 2.25. The molecule has 1 aliphatic rings. The van der Waals surface area contributed by atoms with Gasteiger partial charge in [-0.2, -0.15) is 0 Å². The minimum absolute atomic E-state index is 0.0201. The van der Waals surface area contributed by atoms with Crippen LogP contribution in [0.3, 0.4) is 0 Å². The molecule has 0 radical (unpaired) electrons. The first kappa shape index (κ1) is 19.4. The van der Waals surface area contributed by atoms with Crippen LogP contribution in [0.25, 0.3) is 0 Å². The predicted octanol–water partition coefficient (Wildman–Crippen LogP) is 2.59. The van der Waals surface area contributed by atoms with Crippen LogP contribution in [0.1, 0.15) is 51.1 Å². The number of rotatable bonds is 2. The molecule has 0 saturated carbocycles. The topological polar surface area (TPSA) is 52.7 Å². The Morgan fingerprint density at radius 1 is 1.12 bits per heavy atom. The summed E-state index contributed by atoms with van der Waals surface area (Å²) in [5.74, 6) is 0.0475. The normalized spacial score (nSPS) is 21.6. The van der Waals surface area contributed by atoms with Gasteiger partial charge in [0, 0.05) is 20.0 Å². The third-order valence-corrected chi connectivity index (χ3v) is 4.89. The van der Waals surface area contributed by atoms with Crippen LogP contribution in [0.2, 0.25) is 0 Å².